The number of hydrogen-bond donors (Lipinski definition) is 0. The Bertz CT molecular complexity index is 849. The molecule has 0 aromatic carbocycles. The average molecular weight is 374 g/mol. The van der Waals surface area contributed by atoms with E-state index in [9.17, 15) is 0 Å². The summed E-state index contributed by atoms with van der Waals surface area (Å²) in [5.41, 5.74) is 2.51. The summed E-state index contributed by atoms with van der Waals surface area (Å²) in [6.07, 6.45) is 6.79. The molecule has 0 unspecified atom stereocenters. The third-order valence-corrected chi connectivity index (χ3v) is 4.98. The van der Waals surface area contributed by atoms with Gasteiger partial charge in [0.15, 0.2) is 0 Å². The molecule has 8 heteroatoms. The molecule has 0 radical (unpaired) electrons. The van der Waals surface area contributed by atoms with Crippen molar-refractivity contribution in [2.75, 3.05) is 18.0 Å². The quantitative estimate of drug-likeness (QED) is 0.671. The van der Waals surface area contributed by atoms with Crippen molar-refractivity contribution in [2.45, 2.75) is 39.0 Å². The Morgan fingerprint density at radius 1 is 1.08 bits per heavy atom. The van der Waals surface area contributed by atoms with Crippen LogP contribution in [0.25, 0.3) is 11.4 Å². The molecule has 1 aliphatic rings. The number of rotatable bonds is 5. The van der Waals surface area contributed by atoms with Gasteiger partial charge >= 0.3 is 0 Å². The maximum absolute atomic E-state index is 5.98. The van der Waals surface area contributed by atoms with E-state index in [-0.39, 0.29) is 0 Å². The molecule has 26 heavy (non-hydrogen) atoms. The van der Waals surface area contributed by atoms with Crippen LogP contribution in [0.4, 0.5) is 5.82 Å². The van der Waals surface area contributed by atoms with E-state index in [1.807, 2.05) is 19.1 Å². The van der Waals surface area contributed by atoms with Crippen molar-refractivity contribution in [3.63, 3.8) is 0 Å². The maximum atomic E-state index is 5.98. The third-order valence-electron chi connectivity index (χ3n) is 4.68. The van der Waals surface area contributed by atoms with Crippen molar-refractivity contribution < 1.29 is 9.05 Å². The number of nitrogens with zero attached hydrogens (tertiary/aromatic N) is 5. The lowest BCUT2D eigenvalue weighted by atomic mass is 10.1. The van der Waals surface area contributed by atoms with Gasteiger partial charge in [-0.2, -0.15) is 4.98 Å². The normalized spacial score (nSPS) is 14.8. The van der Waals surface area contributed by atoms with Crippen LogP contribution in [-0.2, 0) is 12.8 Å². The van der Waals surface area contributed by atoms with Crippen molar-refractivity contribution in [1.29, 1.82) is 0 Å². The molecule has 3 aromatic rings. The Hall–Kier alpha value is -2.41. The van der Waals surface area contributed by atoms with Gasteiger partial charge in [-0.25, -0.2) is 4.98 Å². The molecule has 0 saturated carbocycles. The number of halogens is 1. The zero-order chi connectivity index (χ0) is 17.9. The molecule has 0 N–H and O–H groups in total. The number of aromatic nitrogens is 4. The average Bonchev–Trinajstić information content (AvgIpc) is 3.28. The van der Waals surface area contributed by atoms with Gasteiger partial charge < -0.3 is 13.9 Å². The molecule has 0 amide bonds. The van der Waals surface area contributed by atoms with Crippen LogP contribution in [0.2, 0.25) is 5.22 Å². The smallest absolute Gasteiger partial charge is 0.229 e. The van der Waals surface area contributed by atoms with Crippen molar-refractivity contribution in [3.05, 3.63) is 40.7 Å². The van der Waals surface area contributed by atoms with Crippen molar-refractivity contribution in [2.24, 2.45) is 0 Å². The minimum atomic E-state index is 0.319. The topological polar surface area (TPSA) is 81.1 Å². The standard InChI is InChI=1S/C18H20ClN5O2/c1-12-14(17(19)26-22-12)6-8-16-21-18(23-25-16)13-5-7-15(20-11-13)24-9-3-2-4-10-24/h5,7,11H,2-4,6,8-10H2,1H3. The summed E-state index contributed by atoms with van der Waals surface area (Å²) in [4.78, 5) is 11.3. The highest BCUT2D eigenvalue weighted by atomic mass is 35.5. The lowest BCUT2D eigenvalue weighted by Crippen LogP contribution is -2.29. The van der Waals surface area contributed by atoms with Gasteiger partial charge in [0.1, 0.15) is 5.82 Å². The summed E-state index contributed by atoms with van der Waals surface area (Å²) < 4.78 is 10.3. The first-order valence-electron chi connectivity index (χ1n) is 8.85. The van der Waals surface area contributed by atoms with Crippen LogP contribution < -0.4 is 4.90 Å². The Morgan fingerprint density at radius 2 is 1.92 bits per heavy atom. The van der Waals surface area contributed by atoms with Crippen molar-refractivity contribution >= 4 is 17.4 Å². The zero-order valence-electron chi connectivity index (χ0n) is 14.6. The molecule has 3 aromatic heterocycles. The van der Waals surface area contributed by atoms with E-state index in [1.54, 1.807) is 6.20 Å². The minimum absolute atomic E-state index is 0.319. The first-order chi connectivity index (χ1) is 12.7. The predicted octanol–water partition coefficient (Wildman–Crippen LogP) is 3.86. The van der Waals surface area contributed by atoms with E-state index in [4.69, 9.17) is 20.6 Å². The third kappa shape index (κ3) is 3.58. The molecule has 0 aliphatic carbocycles. The molecule has 1 aliphatic heterocycles. The van der Waals surface area contributed by atoms with E-state index in [0.29, 0.717) is 29.8 Å². The van der Waals surface area contributed by atoms with Gasteiger partial charge in [-0.3, -0.25) is 0 Å². The van der Waals surface area contributed by atoms with E-state index in [1.165, 1.54) is 19.3 Å². The fourth-order valence-corrected chi connectivity index (χ4v) is 3.44. The number of pyridine rings is 1. The van der Waals surface area contributed by atoms with Crippen molar-refractivity contribution in [3.8, 4) is 11.4 Å². The van der Waals surface area contributed by atoms with E-state index in [0.717, 1.165) is 35.7 Å². The summed E-state index contributed by atoms with van der Waals surface area (Å²) in [6.45, 7) is 4.01. The van der Waals surface area contributed by atoms with Gasteiger partial charge in [-0.1, -0.05) is 10.3 Å². The maximum Gasteiger partial charge on any atom is 0.229 e. The summed E-state index contributed by atoms with van der Waals surface area (Å²) >= 11 is 5.98. The van der Waals surface area contributed by atoms with Crippen LogP contribution in [0.5, 0.6) is 0 Å². The second-order valence-corrected chi connectivity index (χ2v) is 6.83. The van der Waals surface area contributed by atoms with Gasteiger partial charge in [0, 0.05) is 36.8 Å². The molecule has 1 fully saturated rings. The molecule has 0 spiro atoms. The largest absolute Gasteiger partial charge is 0.357 e. The highest BCUT2D eigenvalue weighted by Gasteiger charge is 2.15. The molecule has 7 nitrogen and oxygen atoms in total. The lowest BCUT2D eigenvalue weighted by Gasteiger charge is -2.27. The van der Waals surface area contributed by atoms with Gasteiger partial charge in [-0.05, 0) is 56.3 Å². The Kier molecular flexibility index (Phi) is 4.88. The van der Waals surface area contributed by atoms with E-state index in [2.05, 4.69) is 25.2 Å². The summed E-state index contributed by atoms with van der Waals surface area (Å²) in [5, 5.41) is 8.22. The van der Waals surface area contributed by atoms with E-state index < -0.39 is 0 Å². The molecule has 4 rings (SSSR count). The van der Waals surface area contributed by atoms with Gasteiger partial charge in [0.05, 0.1) is 5.69 Å². The van der Waals surface area contributed by atoms with Crippen LogP contribution in [0.3, 0.4) is 0 Å². The number of aryl methyl sites for hydroxylation is 2. The second kappa shape index (κ2) is 7.45. The highest BCUT2D eigenvalue weighted by molar-refractivity contribution is 6.29. The van der Waals surface area contributed by atoms with Crippen molar-refractivity contribution in [1.82, 2.24) is 20.3 Å². The Labute approximate surface area is 156 Å². The predicted molar refractivity (Wildman–Crippen MR) is 97.3 cm³/mol. The molecule has 4 heterocycles. The number of piperidine rings is 1. The first kappa shape index (κ1) is 17.0. The van der Waals surface area contributed by atoms with Gasteiger partial charge in [-0.15, -0.1) is 0 Å². The zero-order valence-corrected chi connectivity index (χ0v) is 15.4. The second-order valence-electron chi connectivity index (χ2n) is 6.48. The van der Waals surface area contributed by atoms with Gasteiger partial charge in [0.25, 0.3) is 0 Å². The fourth-order valence-electron chi connectivity index (χ4n) is 3.17. The summed E-state index contributed by atoms with van der Waals surface area (Å²) in [5.74, 6) is 2.11. The van der Waals surface area contributed by atoms with Gasteiger partial charge in [0.2, 0.25) is 16.9 Å². The minimum Gasteiger partial charge on any atom is -0.357 e. The van der Waals surface area contributed by atoms with Crippen LogP contribution in [0, 0.1) is 6.92 Å². The summed E-state index contributed by atoms with van der Waals surface area (Å²) in [6, 6.07) is 4.02. The monoisotopic (exact) mass is 373 g/mol. The molecule has 0 atom stereocenters. The first-order valence-corrected chi connectivity index (χ1v) is 9.23. The van der Waals surface area contributed by atoms with E-state index >= 15 is 0 Å². The van der Waals surface area contributed by atoms with Crippen LogP contribution in [-0.4, -0.2) is 33.4 Å². The van der Waals surface area contributed by atoms with Crippen LogP contribution in [0.15, 0.2) is 27.4 Å². The molecule has 0 bridgehead atoms. The lowest BCUT2D eigenvalue weighted by molar-refractivity contribution is 0.378. The summed E-state index contributed by atoms with van der Waals surface area (Å²) in [7, 11) is 0. The number of hydrogen-bond acceptors (Lipinski definition) is 7. The fraction of sp³-hybridized carbons (Fsp3) is 0.444. The molecule has 136 valence electrons. The van der Waals surface area contributed by atoms with Crippen LogP contribution >= 0.6 is 11.6 Å². The molecular weight excluding hydrogens is 354 g/mol. The highest BCUT2D eigenvalue weighted by Crippen LogP contribution is 2.23. The number of anilines is 1. The molecular formula is C18H20ClN5O2. The molecule has 1 saturated heterocycles. The van der Waals surface area contributed by atoms with Crippen LogP contribution in [0.1, 0.15) is 36.4 Å². The Morgan fingerprint density at radius 3 is 2.62 bits per heavy atom. The Balaban J connectivity index is 1.42. The SMILES string of the molecule is Cc1noc(Cl)c1CCc1nc(-c2ccc(N3CCCCC3)nc2)no1.